The smallest absolute Gasteiger partial charge is 0.318 e. The van der Waals surface area contributed by atoms with Gasteiger partial charge in [0.1, 0.15) is 0 Å². The largest absolute Gasteiger partial charge is 0.481 e. The van der Waals surface area contributed by atoms with Crippen LogP contribution in [-0.2, 0) is 9.53 Å². The van der Waals surface area contributed by atoms with Crippen LogP contribution < -0.4 is 5.32 Å². The lowest BCUT2D eigenvalue weighted by molar-refractivity contribution is -0.138. The highest BCUT2D eigenvalue weighted by molar-refractivity contribution is 5.76. The van der Waals surface area contributed by atoms with E-state index in [9.17, 15) is 9.59 Å². The SMILES string of the molecule is CCN(C(=O)NC1(C)CCOC1)C(C)CC(=O)O. The molecule has 1 saturated heterocycles. The summed E-state index contributed by atoms with van der Waals surface area (Å²) in [7, 11) is 0. The van der Waals surface area contributed by atoms with Crippen LogP contribution in [0.25, 0.3) is 0 Å². The van der Waals surface area contributed by atoms with Crippen LogP contribution in [0, 0.1) is 0 Å². The Morgan fingerprint density at radius 3 is 2.67 bits per heavy atom. The van der Waals surface area contributed by atoms with Gasteiger partial charge in [-0.15, -0.1) is 0 Å². The average Bonchev–Trinajstić information content (AvgIpc) is 2.64. The molecular formula is C12H22N2O4. The molecule has 0 spiro atoms. The first kappa shape index (κ1) is 14.8. The van der Waals surface area contributed by atoms with Gasteiger partial charge in [0.15, 0.2) is 0 Å². The first-order valence-electron chi connectivity index (χ1n) is 6.26. The lowest BCUT2D eigenvalue weighted by Crippen LogP contribution is -2.54. The van der Waals surface area contributed by atoms with Crippen molar-refractivity contribution in [3.63, 3.8) is 0 Å². The molecule has 2 atom stereocenters. The molecule has 1 aliphatic rings. The summed E-state index contributed by atoms with van der Waals surface area (Å²) < 4.78 is 5.27. The highest BCUT2D eigenvalue weighted by Crippen LogP contribution is 2.18. The highest BCUT2D eigenvalue weighted by Gasteiger charge is 2.33. The van der Waals surface area contributed by atoms with Crippen molar-refractivity contribution in [3.8, 4) is 0 Å². The Morgan fingerprint density at radius 1 is 1.56 bits per heavy atom. The summed E-state index contributed by atoms with van der Waals surface area (Å²) in [6, 6.07) is -0.544. The topological polar surface area (TPSA) is 78.9 Å². The average molecular weight is 258 g/mol. The minimum Gasteiger partial charge on any atom is -0.481 e. The number of nitrogens with one attached hydrogen (secondary N) is 1. The van der Waals surface area contributed by atoms with Crippen molar-refractivity contribution < 1.29 is 19.4 Å². The first-order chi connectivity index (χ1) is 8.38. The molecule has 18 heavy (non-hydrogen) atoms. The standard InChI is InChI=1S/C12H22N2O4/c1-4-14(9(2)7-10(15)16)11(17)13-12(3)5-6-18-8-12/h9H,4-8H2,1-3H3,(H,13,17)(H,15,16). The molecule has 0 radical (unpaired) electrons. The zero-order valence-corrected chi connectivity index (χ0v) is 11.2. The number of carboxylic acid groups (broad SMARTS) is 1. The van der Waals surface area contributed by atoms with Gasteiger partial charge in [-0.25, -0.2) is 4.79 Å². The zero-order valence-electron chi connectivity index (χ0n) is 11.2. The van der Waals surface area contributed by atoms with Gasteiger partial charge in [0.2, 0.25) is 0 Å². The fourth-order valence-corrected chi connectivity index (χ4v) is 2.11. The lowest BCUT2D eigenvalue weighted by atomic mass is 10.0. The number of carboxylic acids is 1. The molecule has 2 amide bonds. The molecule has 6 heteroatoms. The highest BCUT2D eigenvalue weighted by atomic mass is 16.5. The maximum Gasteiger partial charge on any atom is 0.318 e. The molecule has 1 heterocycles. The first-order valence-corrected chi connectivity index (χ1v) is 6.26. The van der Waals surface area contributed by atoms with Gasteiger partial charge in [-0.3, -0.25) is 4.79 Å². The van der Waals surface area contributed by atoms with Crippen LogP contribution in [0.15, 0.2) is 0 Å². The van der Waals surface area contributed by atoms with E-state index >= 15 is 0 Å². The number of carbonyl (C=O) groups is 2. The fraction of sp³-hybridized carbons (Fsp3) is 0.833. The van der Waals surface area contributed by atoms with Crippen LogP contribution in [0.4, 0.5) is 4.79 Å². The minimum atomic E-state index is -0.899. The summed E-state index contributed by atoms with van der Waals surface area (Å²) in [6.45, 7) is 7.15. The van der Waals surface area contributed by atoms with Gasteiger partial charge in [-0.05, 0) is 27.2 Å². The predicted octanol–water partition coefficient (Wildman–Crippen LogP) is 1.06. The normalized spacial score (nSPS) is 24.6. The third kappa shape index (κ3) is 3.87. The summed E-state index contributed by atoms with van der Waals surface area (Å²) in [5.41, 5.74) is -0.340. The molecule has 0 aromatic carbocycles. The number of hydrogen-bond acceptors (Lipinski definition) is 3. The van der Waals surface area contributed by atoms with Crippen molar-refractivity contribution in [1.29, 1.82) is 0 Å². The molecular weight excluding hydrogens is 236 g/mol. The number of rotatable bonds is 5. The molecule has 2 unspecified atom stereocenters. The van der Waals surface area contributed by atoms with E-state index in [1.165, 1.54) is 4.90 Å². The Hall–Kier alpha value is -1.30. The Morgan fingerprint density at radius 2 is 2.22 bits per heavy atom. The maximum atomic E-state index is 12.1. The molecule has 104 valence electrons. The van der Waals surface area contributed by atoms with Crippen molar-refractivity contribution in [2.24, 2.45) is 0 Å². The van der Waals surface area contributed by atoms with Crippen molar-refractivity contribution in [1.82, 2.24) is 10.2 Å². The number of amides is 2. The van der Waals surface area contributed by atoms with Gasteiger partial charge >= 0.3 is 12.0 Å². The number of urea groups is 1. The minimum absolute atomic E-state index is 0.0471. The van der Waals surface area contributed by atoms with Gasteiger partial charge in [-0.1, -0.05) is 0 Å². The van der Waals surface area contributed by atoms with Crippen LogP contribution in [-0.4, -0.2) is 53.3 Å². The molecule has 1 fully saturated rings. The number of ether oxygens (including phenoxy) is 1. The predicted molar refractivity (Wildman–Crippen MR) is 66.5 cm³/mol. The van der Waals surface area contributed by atoms with E-state index in [1.807, 2.05) is 13.8 Å². The molecule has 0 aromatic rings. The van der Waals surface area contributed by atoms with Crippen LogP contribution in [0.1, 0.15) is 33.6 Å². The molecule has 1 rings (SSSR count). The van der Waals surface area contributed by atoms with E-state index < -0.39 is 5.97 Å². The second kappa shape index (κ2) is 6.04. The van der Waals surface area contributed by atoms with E-state index in [0.29, 0.717) is 19.8 Å². The monoisotopic (exact) mass is 258 g/mol. The summed E-state index contributed by atoms with van der Waals surface area (Å²) >= 11 is 0. The van der Waals surface area contributed by atoms with Crippen LogP contribution >= 0.6 is 0 Å². The van der Waals surface area contributed by atoms with Gasteiger partial charge in [0.05, 0.1) is 18.6 Å². The van der Waals surface area contributed by atoms with Gasteiger partial charge < -0.3 is 20.1 Å². The third-order valence-electron chi connectivity index (χ3n) is 3.23. The van der Waals surface area contributed by atoms with E-state index in [4.69, 9.17) is 9.84 Å². The molecule has 0 bridgehead atoms. The Bertz CT molecular complexity index is 313. The van der Waals surface area contributed by atoms with Gasteiger partial charge in [-0.2, -0.15) is 0 Å². The van der Waals surface area contributed by atoms with Crippen LogP contribution in [0.3, 0.4) is 0 Å². The molecule has 0 aromatic heterocycles. The second-order valence-electron chi connectivity index (χ2n) is 5.03. The molecule has 0 saturated carbocycles. The van der Waals surface area contributed by atoms with Crippen molar-refractivity contribution in [2.75, 3.05) is 19.8 Å². The second-order valence-corrected chi connectivity index (χ2v) is 5.03. The van der Waals surface area contributed by atoms with Crippen molar-refractivity contribution >= 4 is 12.0 Å². The number of carbonyl (C=O) groups excluding carboxylic acids is 1. The Balaban J connectivity index is 2.58. The summed E-state index contributed by atoms with van der Waals surface area (Å²) in [6.07, 6.45) is 0.734. The Labute approximate surface area is 107 Å². The van der Waals surface area contributed by atoms with Crippen LogP contribution in [0.2, 0.25) is 0 Å². The quantitative estimate of drug-likeness (QED) is 0.773. The van der Waals surface area contributed by atoms with Crippen molar-refractivity contribution in [3.05, 3.63) is 0 Å². The molecule has 0 aliphatic carbocycles. The summed E-state index contributed by atoms with van der Waals surface area (Å²) in [5, 5.41) is 11.7. The number of aliphatic carboxylic acids is 1. The third-order valence-corrected chi connectivity index (χ3v) is 3.23. The lowest BCUT2D eigenvalue weighted by Gasteiger charge is -2.32. The van der Waals surface area contributed by atoms with Crippen molar-refractivity contribution in [2.45, 2.75) is 45.2 Å². The van der Waals surface area contributed by atoms with Crippen LogP contribution in [0.5, 0.6) is 0 Å². The molecule has 2 N–H and O–H groups in total. The summed E-state index contributed by atoms with van der Waals surface area (Å²) in [4.78, 5) is 24.3. The summed E-state index contributed by atoms with van der Waals surface area (Å²) in [5.74, 6) is -0.899. The number of hydrogen-bond donors (Lipinski definition) is 2. The molecule has 6 nitrogen and oxygen atoms in total. The molecule has 1 aliphatic heterocycles. The maximum absolute atomic E-state index is 12.1. The van der Waals surface area contributed by atoms with E-state index in [1.54, 1.807) is 6.92 Å². The van der Waals surface area contributed by atoms with E-state index in [0.717, 1.165) is 6.42 Å². The fourth-order valence-electron chi connectivity index (χ4n) is 2.11. The Kier molecular flexibility index (Phi) is 4.95. The number of nitrogens with zero attached hydrogens (tertiary/aromatic N) is 1. The van der Waals surface area contributed by atoms with Gasteiger partial charge in [0, 0.05) is 19.2 Å². The van der Waals surface area contributed by atoms with Gasteiger partial charge in [0.25, 0.3) is 0 Å². The van der Waals surface area contributed by atoms with E-state index in [2.05, 4.69) is 5.32 Å². The zero-order chi connectivity index (χ0) is 13.8. The van der Waals surface area contributed by atoms with E-state index in [-0.39, 0.29) is 24.0 Å².